The van der Waals surface area contributed by atoms with Crippen molar-refractivity contribution in [3.05, 3.63) is 62.2 Å². The fraction of sp³-hybridized carbons (Fsp3) is 0.154. The Morgan fingerprint density at radius 2 is 2.17 bits per heavy atom. The van der Waals surface area contributed by atoms with Gasteiger partial charge in [-0.05, 0) is 34.5 Å². The predicted octanol–water partition coefficient (Wildman–Crippen LogP) is 2.23. The van der Waals surface area contributed by atoms with Crippen LogP contribution >= 0.6 is 15.9 Å². The van der Waals surface area contributed by atoms with E-state index in [4.69, 9.17) is 5.26 Å². The minimum atomic E-state index is -0.143. The van der Waals surface area contributed by atoms with E-state index in [0.29, 0.717) is 22.4 Å². The third kappa shape index (κ3) is 2.34. The number of halogens is 1. The fourth-order valence-electron chi connectivity index (χ4n) is 1.67. The summed E-state index contributed by atoms with van der Waals surface area (Å²) in [6.07, 6.45) is 1.49. The summed E-state index contributed by atoms with van der Waals surface area (Å²) in [5.74, 6) is 0.621. The van der Waals surface area contributed by atoms with Gasteiger partial charge in [0.2, 0.25) is 0 Å². The third-order valence-electron chi connectivity index (χ3n) is 2.67. The van der Waals surface area contributed by atoms with Gasteiger partial charge in [-0.25, -0.2) is 4.98 Å². The van der Waals surface area contributed by atoms with Crippen LogP contribution in [0.2, 0.25) is 0 Å². The largest absolute Gasteiger partial charge is 0.291 e. The molecule has 0 radical (unpaired) electrons. The highest BCUT2D eigenvalue weighted by molar-refractivity contribution is 9.10. The quantitative estimate of drug-likeness (QED) is 0.855. The molecule has 0 spiro atoms. The smallest absolute Gasteiger partial charge is 0.268 e. The highest BCUT2D eigenvalue weighted by Gasteiger charge is 2.08. The second-order valence-electron chi connectivity index (χ2n) is 3.81. The Morgan fingerprint density at radius 1 is 1.44 bits per heavy atom. The molecule has 90 valence electrons. The van der Waals surface area contributed by atoms with Crippen LogP contribution in [0, 0.1) is 18.3 Å². The van der Waals surface area contributed by atoms with Crippen LogP contribution in [0.4, 0.5) is 0 Å². The van der Waals surface area contributed by atoms with Crippen LogP contribution in [0.15, 0.2) is 39.7 Å². The average molecular weight is 304 g/mol. The van der Waals surface area contributed by atoms with Crippen molar-refractivity contribution in [2.75, 3.05) is 0 Å². The van der Waals surface area contributed by atoms with E-state index in [9.17, 15) is 4.79 Å². The van der Waals surface area contributed by atoms with Gasteiger partial charge in [0, 0.05) is 6.20 Å². The molecule has 18 heavy (non-hydrogen) atoms. The van der Waals surface area contributed by atoms with Gasteiger partial charge in [-0.3, -0.25) is 9.36 Å². The normalized spacial score (nSPS) is 10.1. The molecule has 0 fully saturated rings. The minimum Gasteiger partial charge on any atom is -0.291 e. The van der Waals surface area contributed by atoms with E-state index < -0.39 is 0 Å². The number of rotatable bonds is 2. The third-order valence-corrected chi connectivity index (χ3v) is 3.22. The lowest BCUT2D eigenvalue weighted by molar-refractivity contribution is 0.694. The summed E-state index contributed by atoms with van der Waals surface area (Å²) in [6.45, 7) is 2.11. The number of hydrogen-bond acceptors (Lipinski definition) is 3. The van der Waals surface area contributed by atoms with E-state index in [2.05, 4.69) is 27.0 Å². The molecule has 0 atom stereocenters. The second kappa shape index (κ2) is 5.15. The summed E-state index contributed by atoms with van der Waals surface area (Å²) < 4.78 is 1.96. The van der Waals surface area contributed by atoms with Crippen molar-refractivity contribution in [2.45, 2.75) is 13.5 Å². The second-order valence-corrected chi connectivity index (χ2v) is 4.67. The highest BCUT2D eigenvalue weighted by Crippen LogP contribution is 2.10. The van der Waals surface area contributed by atoms with E-state index >= 15 is 0 Å². The maximum absolute atomic E-state index is 12.0. The zero-order valence-corrected chi connectivity index (χ0v) is 11.3. The molecule has 5 heteroatoms. The van der Waals surface area contributed by atoms with Gasteiger partial charge >= 0.3 is 0 Å². The lowest BCUT2D eigenvalue weighted by atomic mass is 10.1. The van der Waals surface area contributed by atoms with Crippen molar-refractivity contribution < 1.29 is 0 Å². The number of hydrogen-bond donors (Lipinski definition) is 0. The monoisotopic (exact) mass is 303 g/mol. The summed E-state index contributed by atoms with van der Waals surface area (Å²) in [6, 6.07) is 9.35. The van der Waals surface area contributed by atoms with Crippen LogP contribution in [0.5, 0.6) is 0 Å². The number of nitrogens with zero attached hydrogens (tertiary/aromatic N) is 3. The lowest BCUT2D eigenvalue weighted by Gasteiger charge is -2.10. The summed E-state index contributed by atoms with van der Waals surface area (Å²) in [5, 5.41) is 9.03. The summed E-state index contributed by atoms with van der Waals surface area (Å²) in [7, 11) is 0. The van der Waals surface area contributed by atoms with E-state index in [1.54, 1.807) is 23.6 Å². The molecule has 0 unspecified atom stereocenters. The van der Waals surface area contributed by atoms with Crippen LogP contribution in [0.3, 0.4) is 0 Å². The highest BCUT2D eigenvalue weighted by atomic mass is 79.9. The van der Waals surface area contributed by atoms with Crippen molar-refractivity contribution in [3.8, 4) is 6.07 Å². The molecule has 1 aromatic heterocycles. The van der Waals surface area contributed by atoms with Gasteiger partial charge in [-0.1, -0.05) is 18.2 Å². The molecule has 2 rings (SSSR count). The maximum Gasteiger partial charge on any atom is 0.268 e. The predicted molar refractivity (Wildman–Crippen MR) is 71.2 cm³/mol. The Labute approximate surface area is 113 Å². The first-order valence-electron chi connectivity index (χ1n) is 5.33. The molecule has 0 saturated heterocycles. The first-order chi connectivity index (χ1) is 8.63. The van der Waals surface area contributed by atoms with Crippen molar-refractivity contribution in [2.24, 2.45) is 0 Å². The van der Waals surface area contributed by atoms with Crippen molar-refractivity contribution in [1.29, 1.82) is 5.26 Å². The first kappa shape index (κ1) is 12.5. The molecule has 2 aromatic rings. The maximum atomic E-state index is 12.0. The van der Waals surface area contributed by atoms with Gasteiger partial charge in [0.1, 0.15) is 10.3 Å². The Kier molecular flexibility index (Phi) is 3.58. The standard InChI is InChI=1S/C13H10BrN3O/c1-9-16-7-12(14)13(18)17(9)8-11-5-3-2-4-10(11)6-15/h2-5,7H,8H2,1H3. The SMILES string of the molecule is Cc1ncc(Br)c(=O)n1Cc1ccccc1C#N. The molecule has 0 saturated carbocycles. The van der Waals surface area contributed by atoms with E-state index in [1.807, 2.05) is 12.1 Å². The molecule has 4 nitrogen and oxygen atoms in total. The van der Waals surface area contributed by atoms with Crippen molar-refractivity contribution in [1.82, 2.24) is 9.55 Å². The Hall–Kier alpha value is -1.93. The van der Waals surface area contributed by atoms with Crippen molar-refractivity contribution in [3.63, 3.8) is 0 Å². The van der Waals surface area contributed by atoms with E-state index in [-0.39, 0.29) is 5.56 Å². The van der Waals surface area contributed by atoms with Gasteiger partial charge in [-0.15, -0.1) is 0 Å². The molecular weight excluding hydrogens is 294 g/mol. The molecule has 0 aliphatic rings. The number of nitriles is 1. The Bertz CT molecular complexity index is 685. The van der Waals surface area contributed by atoms with Crippen LogP contribution < -0.4 is 5.56 Å². The first-order valence-corrected chi connectivity index (χ1v) is 6.12. The molecule has 0 aliphatic heterocycles. The van der Waals surface area contributed by atoms with Gasteiger partial charge in [0.05, 0.1) is 18.2 Å². The minimum absolute atomic E-state index is 0.143. The molecular formula is C13H10BrN3O. The number of aromatic nitrogens is 2. The van der Waals surface area contributed by atoms with Gasteiger partial charge in [0.15, 0.2) is 0 Å². The van der Waals surface area contributed by atoms with E-state index in [1.165, 1.54) is 6.20 Å². The zero-order chi connectivity index (χ0) is 13.1. The van der Waals surface area contributed by atoms with Gasteiger partial charge < -0.3 is 0 Å². The number of aryl methyl sites for hydroxylation is 1. The Morgan fingerprint density at radius 3 is 2.89 bits per heavy atom. The molecule has 1 aromatic carbocycles. The molecule has 0 amide bonds. The summed E-state index contributed by atoms with van der Waals surface area (Å²) in [4.78, 5) is 16.1. The van der Waals surface area contributed by atoms with Crippen molar-refractivity contribution >= 4 is 15.9 Å². The molecule has 0 aliphatic carbocycles. The molecule has 0 N–H and O–H groups in total. The van der Waals surface area contributed by atoms with E-state index in [0.717, 1.165) is 5.56 Å². The van der Waals surface area contributed by atoms with Crippen LogP contribution in [0.25, 0.3) is 0 Å². The fourth-order valence-corrected chi connectivity index (χ4v) is 1.99. The molecule has 1 heterocycles. The van der Waals surface area contributed by atoms with Crippen LogP contribution in [-0.2, 0) is 6.54 Å². The topological polar surface area (TPSA) is 58.7 Å². The van der Waals surface area contributed by atoms with Gasteiger partial charge in [-0.2, -0.15) is 5.26 Å². The average Bonchev–Trinajstić information content (AvgIpc) is 2.39. The summed E-state index contributed by atoms with van der Waals surface area (Å²) in [5.41, 5.74) is 1.24. The summed E-state index contributed by atoms with van der Waals surface area (Å²) >= 11 is 3.17. The zero-order valence-electron chi connectivity index (χ0n) is 9.72. The number of benzene rings is 1. The van der Waals surface area contributed by atoms with Gasteiger partial charge in [0.25, 0.3) is 5.56 Å². The lowest BCUT2D eigenvalue weighted by Crippen LogP contribution is -2.24. The molecule has 0 bridgehead atoms. The van der Waals surface area contributed by atoms with Crippen LogP contribution in [-0.4, -0.2) is 9.55 Å². The van der Waals surface area contributed by atoms with Crippen LogP contribution in [0.1, 0.15) is 17.0 Å². The Balaban J connectivity index is 2.51.